The van der Waals surface area contributed by atoms with Gasteiger partial charge in [0.05, 0.1) is 24.6 Å². The second-order valence-corrected chi connectivity index (χ2v) is 11.8. The van der Waals surface area contributed by atoms with E-state index in [-0.39, 0.29) is 12.0 Å². The normalized spacial score (nSPS) is 27.3. The lowest BCUT2D eigenvalue weighted by Crippen LogP contribution is -2.55. The van der Waals surface area contributed by atoms with Crippen LogP contribution in [-0.4, -0.2) is 61.8 Å². The van der Waals surface area contributed by atoms with Crippen LogP contribution in [0.2, 0.25) is 5.02 Å². The van der Waals surface area contributed by atoms with E-state index in [1.165, 1.54) is 0 Å². The van der Waals surface area contributed by atoms with Gasteiger partial charge in [0.1, 0.15) is 17.4 Å². The summed E-state index contributed by atoms with van der Waals surface area (Å²) in [5.41, 5.74) is -1.31. The standard InChI is InChI=1S/C24H27ClN4O6S/c1-3-13-10-24(13,23(31)29-36(32,33)16-5-6-16)28-21(30)19-9-15(11-26-19)35-22-18-8-14(25)4-7-17(18)20(34-2)12-27-22/h3-4,7-8,12-13,15-16,19,26H,1,5-6,9-11H2,2H3,(H,28,30)(H,29,31)/t13-,15?,19+,24-/m1/s1. The molecule has 1 aliphatic heterocycles. The number of nitrogens with zero attached hydrogens (tertiary/aromatic N) is 1. The van der Waals surface area contributed by atoms with Gasteiger partial charge in [0.2, 0.25) is 21.8 Å². The molecule has 0 bridgehead atoms. The topological polar surface area (TPSA) is 136 Å². The number of carbonyl (C=O) groups is 2. The van der Waals surface area contributed by atoms with Gasteiger partial charge in [-0.3, -0.25) is 14.3 Å². The van der Waals surface area contributed by atoms with E-state index in [2.05, 4.69) is 26.9 Å². The number of carbonyl (C=O) groups excluding carboxylic acids is 2. The lowest BCUT2D eigenvalue weighted by Gasteiger charge is -2.21. The third kappa shape index (κ3) is 4.62. The largest absolute Gasteiger partial charge is 0.494 e. The quantitative estimate of drug-likeness (QED) is 0.413. The number of hydrogen-bond donors (Lipinski definition) is 3. The summed E-state index contributed by atoms with van der Waals surface area (Å²) in [6, 6.07) is 4.70. The van der Waals surface area contributed by atoms with Crippen molar-refractivity contribution in [3.05, 3.63) is 42.1 Å². The molecule has 5 rings (SSSR count). The SMILES string of the molecule is C=C[C@@H]1C[C@]1(NC(=O)[C@@H]1CC(Oc2ncc(OC)c3ccc(Cl)cc23)CN1)C(=O)NS(=O)(=O)C1CC1. The van der Waals surface area contributed by atoms with Gasteiger partial charge in [-0.25, -0.2) is 13.4 Å². The summed E-state index contributed by atoms with van der Waals surface area (Å²) in [5, 5.41) is 7.36. The fourth-order valence-corrected chi connectivity index (χ4v) is 6.13. The van der Waals surface area contributed by atoms with Crippen LogP contribution in [-0.2, 0) is 19.6 Å². The van der Waals surface area contributed by atoms with Gasteiger partial charge in [-0.15, -0.1) is 6.58 Å². The average Bonchev–Trinajstić information content (AvgIpc) is 3.76. The van der Waals surface area contributed by atoms with Crippen molar-refractivity contribution >= 4 is 44.2 Å². The van der Waals surface area contributed by atoms with E-state index >= 15 is 0 Å². The first kappa shape index (κ1) is 24.8. The lowest BCUT2D eigenvalue weighted by molar-refractivity contribution is -0.130. The van der Waals surface area contributed by atoms with Gasteiger partial charge < -0.3 is 20.1 Å². The van der Waals surface area contributed by atoms with E-state index in [0.29, 0.717) is 54.3 Å². The highest BCUT2D eigenvalue weighted by Gasteiger charge is 2.61. The first-order chi connectivity index (χ1) is 17.2. The Balaban J connectivity index is 1.26. The fourth-order valence-electron chi connectivity index (χ4n) is 4.59. The predicted molar refractivity (Wildman–Crippen MR) is 133 cm³/mol. The molecule has 3 N–H and O–H groups in total. The van der Waals surface area contributed by atoms with E-state index in [0.717, 1.165) is 5.39 Å². The molecule has 12 heteroatoms. The molecule has 0 spiro atoms. The predicted octanol–water partition coefficient (Wildman–Crippen LogP) is 1.68. The van der Waals surface area contributed by atoms with Crippen LogP contribution in [0.25, 0.3) is 10.8 Å². The Labute approximate surface area is 213 Å². The minimum atomic E-state index is -3.73. The number of aromatic nitrogens is 1. The molecule has 2 aliphatic carbocycles. The Morgan fingerprint density at radius 1 is 1.31 bits per heavy atom. The molecule has 1 aromatic carbocycles. The molecule has 192 valence electrons. The van der Waals surface area contributed by atoms with Crippen LogP contribution in [0.3, 0.4) is 0 Å². The summed E-state index contributed by atoms with van der Waals surface area (Å²) in [7, 11) is -2.18. The smallest absolute Gasteiger partial charge is 0.259 e. The van der Waals surface area contributed by atoms with Gasteiger partial charge in [-0.2, -0.15) is 0 Å². The van der Waals surface area contributed by atoms with Crippen molar-refractivity contribution in [1.82, 2.24) is 20.3 Å². The van der Waals surface area contributed by atoms with Crippen molar-refractivity contribution in [3.63, 3.8) is 0 Å². The molecular weight excluding hydrogens is 508 g/mol. The number of pyridine rings is 1. The molecule has 36 heavy (non-hydrogen) atoms. The zero-order valence-electron chi connectivity index (χ0n) is 19.6. The molecule has 2 heterocycles. The minimum absolute atomic E-state index is 0.295. The number of rotatable bonds is 9. The Kier molecular flexibility index (Phi) is 6.34. The molecule has 2 amide bonds. The number of methoxy groups -OCH3 is 1. The van der Waals surface area contributed by atoms with Gasteiger partial charge in [0, 0.05) is 34.7 Å². The zero-order valence-corrected chi connectivity index (χ0v) is 21.2. The highest BCUT2D eigenvalue weighted by atomic mass is 35.5. The van der Waals surface area contributed by atoms with Gasteiger partial charge in [-0.1, -0.05) is 17.7 Å². The Bertz CT molecular complexity index is 1350. The lowest BCUT2D eigenvalue weighted by atomic mass is 10.1. The highest BCUT2D eigenvalue weighted by Crippen LogP contribution is 2.45. The van der Waals surface area contributed by atoms with E-state index in [9.17, 15) is 18.0 Å². The van der Waals surface area contributed by atoms with Crippen LogP contribution in [0.4, 0.5) is 0 Å². The first-order valence-corrected chi connectivity index (χ1v) is 13.6. The molecule has 4 atom stereocenters. The van der Waals surface area contributed by atoms with E-state index in [4.69, 9.17) is 21.1 Å². The maximum atomic E-state index is 13.1. The number of ether oxygens (including phenoxy) is 2. The summed E-state index contributed by atoms with van der Waals surface area (Å²) in [6.07, 6.45) is 4.46. The third-order valence-corrected chi connectivity index (χ3v) is 8.98. The number of benzene rings is 1. The van der Waals surface area contributed by atoms with Gasteiger partial charge >= 0.3 is 0 Å². The molecule has 2 saturated carbocycles. The second kappa shape index (κ2) is 9.20. The maximum Gasteiger partial charge on any atom is 0.259 e. The van der Waals surface area contributed by atoms with Crippen molar-refractivity contribution in [1.29, 1.82) is 0 Å². The number of sulfonamides is 1. The van der Waals surface area contributed by atoms with Crippen LogP contribution < -0.4 is 24.8 Å². The van der Waals surface area contributed by atoms with Gasteiger partial charge in [0.25, 0.3) is 5.91 Å². The van der Waals surface area contributed by atoms with E-state index in [1.807, 2.05) is 6.07 Å². The summed E-state index contributed by atoms with van der Waals surface area (Å²) in [5.74, 6) is -0.506. The maximum absolute atomic E-state index is 13.1. The molecule has 1 unspecified atom stereocenters. The molecular formula is C24H27ClN4O6S. The number of nitrogens with one attached hydrogen (secondary N) is 3. The minimum Gasteiger partial charge on any atom is -0.494 e. The second-order valence-electron chi connectivity index (χ2n) is 9.44. The monoisotopic (exact) mass is 534 g/mol. The summed E-state index contributed by atoms with van der Waals surface area (Å²) in [4.78, 5) is 30.3. The van der Waals surface area contributed by atoms with Gasteiger partial charge in [0.15, 0.2) is 0 Å². The Morgan fingerprint density at radius 3 is 2.75 bits per heavy atom. The summed E-state index contributed by atoms with van der Waals surface area (Å²) in [6.45, 7) is 4.09. The number of amides is 2. The molecule has 10 nitrogen and oxygen atoms in total. The van der Waals surface area contributed by atoms with Crippen molar-refractivity contribution in [2.75, 3.05) is 13.7 Å². The zero-order chi connectivity index (χ0) is 25.7. The van der Waals surface area contributed by atoms with Crippen LogP contribution in [0.15, 0.2) is 37.1 Å². The molecule has 1 aromatic heterocycles. The molecule has 3 fully saturated rings. The van der Waals surface area contributed by atoms with Crippen LogP contribution in [0.5, 0.6) is 11.6 Å². The van der Waals surface area contributed by atoms with Gasteiger partial charge in [-0.05, 0) is 37.5 Å². The molecule has 2 aromatic rings. The first-order valence-electron chi connectivity index (χ1n) is 11.7. The molecule has 3 aliphatic rings. The Morgan fingerprint density at radius 2 is 2.08 bits per heavy atom. The molecule has 1 saturated heterocycles. The fraction of sp³-hybridized carbons (Fsp3) is 0.458. The number of hydrogen-bond acceptors (Lipinski definition) is 8. The highest BCUT2D eigenvalue weighted by molar-refractivity contribution is 7.91. The van der Waals surface area contributed by atoms with Crippen molar-refractivity contribution in [3.8, 4) is 11.6 Å². The molecule has 0 radical (unpaired) electrons. The average molecular weight is 535 g/mol. The summed E-state index contributed by atoms with van der Waals surface area (Å²) < 4.78 is 38.2. The van der Waals surface area contributed by atoms with E-state index < -0.39 is 38.7 Å². The summed E-state index contributed by atoms with van der Waals surface area (Å²) >= 11 is 6.18. The number of fused-ring (bicyclic) bond motifs is 1. The van der Waals surface area contributed by atoms with Crippen molar-refractivity contribution in [2.24, 2.45) is 5.92 Å². The van der Waals surface area contributed by atoms with E-state index in [1.54, 1.807) is 31.5 Å². The van der Waals surface area contributed by atoms with Crippen LogP contribution in [0.1, 0.15) is 25.7 Å². The third-order valence-electron chi connectivity index (χ3n) is 6.93. The Hall–Kier alpha value is -2.89. The van der Waals surface area contributed by atoms with Crippen molar-refractivity contribution < 1.29 is 27.5 Å². The van der Waals surface area contributed by atoms with Crippen LogP contribution >= 0.6 is 11.6 Å². The van der Waals surface area contributed by atoms with Crippen molar-refractivity contribution in [2.45, 2.75) is 48.6 Å². The van der Waals surface area contributed by atoms with Crippen LogP contribution in [0, 0.1) is 5.92 Å². The number of halogens is 1.